The van der Waals surface area contributed by atoms with Crippen LogP contribution in [-0.4, -0.2) is 33.7 Å². The highest BCUT2D eigenvalue weighted by atomic mass is 32.1. The van der Waals surface area contributed by atoms with Crippen molar-refractivity contribution in [1.29, 1.82) is 0 Å². The summed E-state index contributed by atoms with van der Waals surface area (Å²) in [6.07, 6.45) is 2.09. The molecule has 24 heavy (non-hydrogen) atoms. The van der Waals surface area contributed by atoms with Crippen molar-refractivity contribution in [1.82, 2.24) is 9.47 Å². The summed E-state index contributed by atoms with van der Waals surface area (Å²) in [5.74, 6) is -1.12. The smallest absolute Gasteiger partial charge is 0.268 e. The number of hydrogen-bond donors (Lipinski definition) is 0. The van der Waals surface area contributed by atoms with Crippen LogP contribution in [0, 0.1) is 6.92 Å². The molecule has 0 spiro atoms. The van der Waals surface area contributed by atoms with Gasteiger partial charge in [-0.05, 0) is 18.6 Å². The topological polar surface area (TPSA) is 71.7 Å². The predicted octanol–water partition coefficient (Wildman–Crippen LogP) is 1.77. The molecule has 6 nitrogen and oxygen atoms in total. The van der Waals surface area contributed by atoms with E-state index in [0.29, 0.717) is 11.3 Å². The number of rotatable bonds is 4. The number of benzene rings is 1. The van der Waals surface area contributed by atoms with Gasteiger partial charge in [0.25, 0.3) is 5.91 Å². The molecule has 1 fully saturated rings. The van der Waals surface area contributed by atoms with Gasteiger partial charge in [0.2, 0.25) is 11.8 Å². The molecular formula is C17H17N3O3S. The van der Waals surface area contributed by atoms with E-state index in [-0.39, 0.29) is 31.2 Å². The highest BCUT2D eigenvalue weighted by Crippen LogP contribution is 2.21. The van der Waals surface area contributed by atoms with Gasteiger partial charge in [0.1, 0.15) is 6.54 Å². The van der Waals surface area contributed by atoms with Crippen molar-refractivity contribution in [3.05, 3.63) is 41.2 Å². The minimum Gasteiger partial charge on any atom is -0.312 e. The maximum absolute atomic E-state index is 12.2. The molecule has 0 bridgehead atoms. The monoisotopic (exact) mass is 343 g/mol. The summed E-state index contributed by atoms with van der Waals surface area (Å²) in [6, 6.07) is 5.94. The Morgan fingerprint density at radius 1 is 1.33 bits per heavy atom. The summed E-state index contributed by atoms with van der Waals surface area (Å²) in [5.41, 5.74) is 2.10. The number of nitrogens with zero attached hydrogens (tertiary/aromatic N) is 3. The largest absolute Gasteiger partial charge is 0.312 e. The Labute approximate surface area is 142 Å². The first kappa shape index (κ1) is 16.3. The van der Waals surface area contributed by atoms with Crippen LogP contribution in [0.25, 0.3) is 10.2 Å². The number of imide groups is 1. The molecule has 1 aromatic carbocycles. The molecule has 1 aromatic heterocycles. The zero-order valence-corrected chi connectivity index (χ0v) is 14.1. The van der Waals surface area contributed by atoms with Gasteiger partial charge in [-0.2, -0.15) is 4.99 Å². The second-order valence-electron chi connectivity index (χ2n) is 5.58. The number of likely N-dealkylation sites (tertiary alicyclic amines) is 1. The number of amides is 3. The number of thiazole rings is 1. The van der Waals surface area contributed by atoms with Crippen LogP contribution in [-0.2, 0) is 20.9 Å². The van der Waals surface area contributed by atoms with Crippen LogP contribution in [0.5, 0.6) is 0 Å². The van der Waals surface area contributed by atoms with Gasteiger partial charge < -0.3 is 4.57 Å². The number of para-hydroxylation sites is 1. The van der Waals surface area contributed by atoms with E-state index < -0.39 is 5.91 Å². The fourth-order valence-corrected chi connectivity index (χ4v) is 3.90. The Kier molecular flexibility index (Phi) is 4.44. The molecule has 1 aliphatic rings. The van der Waals surface area contributed by atoms with E-state index >= 15 is 0 Å². The van der Waals surface area contributed by atoms with Gasteiger partial charge in [-0.1, -0.05) is 29.5 Å². The zero-order chi connectivity index (χ0) is 17.3. The molecule has 0 unspecified atom stereocenters. The zero-order valence-electron chi connectivity index (χ0n) is 13.3. The number of carbonyl (C=O) groups excluding carboxylic acids is 3. The average Bonchev–Trinajstić information content (AvgIpc) is 3.04. The van der Waals surface area contributed by atoms with Crippen LogP contribution in [0.4, 0.5) is 0 Å². The number of hydrogen-bond acceptors (Lipinski definition) is 4. The minimum absolute atomic E-state index is 0.171. The van der Waals surface area contributed by atoms with Gasteiger partial charge >= 0.3 is 0 Å². The molecule has 3 rings (SSSR count). The normalized spacial score (nSPS) is 15.5. The van der Waals surface area contributed by atoms with Crippen LogP contribution >= 0.6 is 11.3 Å². The van der Waals surface area contributed by atoms with Crippen molar-refractivity contribution >= 4 is 39.3 Å². The van der Waals surface area contributed by atoms with Crippen molar-refractivity contribution in [3.63, 3.8) is 0 Å². The molecule has 3 amide bonds. The molecule has 0 aliphatic carbocycles. The first-order valence-corrected chi connectivity index (χ1v) is 8.43. The first-order chi connectivity index (χ1) is 11.5. The van der Waals surface area contributed by atoms with Crippen molar-refractivity contribution in [2.45, 2.75) is 26.3 Å². The van der Waals surface area contributed by atoms with E-state index in [1.54, 1.807) is 6.08 Å². The lowest BCUT2D eigenvalue weighted by molar-refractivity contribution is -0.141. The SMILES string of the molecule is C=CCn1/c(=N/C(=O)CN2C(=O)CCC2=O)sc2cccc(C)c21. The van der Waals surface area contributed by atoms with Crippen molar-refractivity contribution in [3.8, 4) is 0 Å². The van der Waals surface area contributed by atoms with Gasteiger partial charge in [0.15, 0.2) is 4.80 Å². The van der Waals surface area contributed by atoms with Crippen LogP contribution in [0.15, 0.2) is 35.8 Å². The second kappa shape index (κ2) is 6.52. The summed E-state index contributed by atoms with van der Waals surface area (Å²) in [4.78, 5) is 41.1. The molecule has 124 valence electrons. The fraction of sp³-hybridized carbons (Fsp3) is 0.294. The Morgan fingerprint density at radius 3 is 2.71 bits per heavy atom. The van der Waals surface area contributed by atoms with E-state index in [1.807, 2.05) is 29.7 Å². The van der Waals surface area contributed by atoms with E-state index in [0.717, 1.165) is 20.7 Å². The maximum Gasteiger partial charge on any atom is 0.268 e. The molecule has 2 heterocycles. The molecule has 2 aromatic rings. The lowest BCUT2D eigenvalue weighted by Gasteiger charge is -2.10. The predicted molar refractivity (Wildman–Crippen MR) is 91.3 cm³/mol. The number of fused-ring (bicyclic) bond motifs is 1. The molecular weight excluding hydrogens is 326 g/mol. The number of aromatic nitrogens is 1. The van der Waals surface area contributed by atoms with Crippen LogP contribution in [0.3, 0.4) is 0 Å². The summed E-state index contributed by atoms with van der Waals surface area (Å²) in [6.45, 7) is 5.99. The molecule has 0 radical (unpaired) electrons. The van der Waals surface area contributed by atoms with Crippen LogP contribution in [0.2, 0.25) is 0 Å². The van der Waals surface area contributed by atoms with Crippen molar-refractivity contribution in [2.24, 2.45) is 4.99 Å². The number of allylic oxidation sites excluding steroid dienone is 1. The maximum atomic E-state index is 12.2. The van der Waals surface area contributed by atoms with E-state index in [4.69, 9.17) is 0 Å². The average molecular weight is 343 g/mol. The Balaban J connectivity index is 2.00. The molecule has 0 N–H and O–H groups in total. The van der Waals surface area contributed by atoms with Gasteiger partial charge in [-0.25, -0.2) is 0 Å². The van der Waals surface area contributed by atoms with Gasteiger partial charge in [-0.15, -0.1) is 6.58 Å². The fourth-order valence-electron chi connectivity index (χ4n) is 2.77. The highest BCUT2D eigenvalue weighted by Gasteiger charge is 2.30. The van der Waals surface area contributed by atoms with E-state index in [1.165, 1.54) is 11.3 Å². The third-order valence-electron chi connectivity index (χ3n) is 3.88. The van der Waals surface area contributed by atoms with Gasteiger partial charge in [-0.3, -0.25) is 19.3 Å². The van der Waals surface area contributed by atoms with E-state index in [9.17, 15) is 14.4 Å². The van der Waals surface area contributed by atoms with Crippen LogP contribution < -0.4 is 4.80 Å². The lowest BCUT2D eigenvalue weighted by atomic mass is 10.2. The Bertz CT molecular complexity index is 907. The minimum atomic E-state index is -0.499. The number of carbonyl (C=O) groups is 3. The third-order valence-corrected chi connectivity index (χ3v) is 4.93. The van der Waals surface area contributed by atoms with Crippen molar-refractivity contribution in [2.75, 3.05) is 6.54 Å². The summed E-state index contributed by atoms with van der Waals surface area (Å²) in [7, 11) is 0. The third kappa shape index (κ3) is 2.94. The molecule has 7 heteroatoms. The summed E-state index contributed by atoms with van der Waals surface area (Å²) in [5, 5.41) is 0. The number of aryl methyl sites for hydroxylation is 1. The quantitative estimate of drug-likeness (QED) is 0.627. The molecule has 0 saturated carbocycles. The molecule has 1 aliphatic heterocycles. The molecule has 1 saturated heterocycles. The van der Waals surface area contributed by atoms with Crippen LogP contribution in [0.1, 0.15) is 18.4 Å². The summed E-state index contributed by atoms with van der Waals surface area (Å²) < 4.78 is 2.95. The second-order valence-corrected chi connectivity index (χ2v) is 6.59. The summed E-state index contributed by atoms with van der Waals surface area (Å²) >= 11 is 1.41. The molecule has 0 atom stereocenters. The first-order valence-electron chi connectivity index (χ1n) is 7.62. The van der Waals surface area contributed by atoms with Crippen molar-refractivity contribution < 1.29 is 14.4 Å². The standard InChI is InChI=1S/C17H17N3O3S/c1-3-9-19-16-11(2)5-4-6-12(16)24-17(19)18-13(21)10-20-14(22)7-8-15(20)23/h3-6H,1,7-10H2,2H3/b18-17-. The Morgan fingerprint density at radius 2 is 2.04 bits per heavy atom. The highest BCUT2D eigenvalue weighted by molar-refractivity contribution is 7.16. The van der Waals surface area contributed by atoms with E-state index in [2.05, 4.69) is 11.6 Å². The van der Waals surface area contributed by atoms with Gasteiger partial charge in [0.05, 0.1) is 10.2 Å². The Hall–Kier alpha value is -2.54. The van der Waals surface area contributed by atoms with Gasteiger partial charge in [0, 0.05) is 19.4 Å². The lowest BCUT2D eigenvalue weighted by Crippen LogP contribution is -2.34.